The minimum atomic E-state index is -0.384. The molecule has 2 heterocycles. The zero-order valence-electron chi connectivity index (χ0n) is 9.73. The van der Waals surface area contributed by atoms with Gasteiger partial charge in [-0.1, -0.05) is 6.92 Å². The van der Waals surface area contributed by atoms with Crippen molar-refractivity contribution in [1.29, 1.82) is 0 Å². The Morgan fingerprint density at radius 3 is 2.81 bits per heavy atom. The molecule has 1 aliphatic rings. The van der Waals surface area contributed by atoms with Crippen molar-refractivity contribution in [2.24, 2.45) is 0 Å². The molecule has 0 spiro atoms. The monoisotopic (exact) mass is 224 g/mol. The van der Waals surface area contributed by atoms with Gasteiger partial charge in [-0.25, -0.2) is 14.4 Å². The fourth-order valence-electron chi connectivity index (χ4n) is 2.01. The maximum atomic E-state index is 12.7. The van der Waals surface area contributed by atoms with Crippen molar-refractivity contribution < 1.29 is 4.39 Å². The summed E-state index contributed by atoms with van der Waals surface area (Å²) in [5.74, 6) is 0.249. The first-order valence-electron chi connectivity index (χ1n) is 5.63. The van der Waals surface area contributed by atoms with Crippen LogP contribution in [0.3, 0.4) is 0 Å². The fourth-order valence-corrected chi connectivity index (χ4v) is 2.01. The molecule has 0 aromatic carbocycles. The molecule has 0 bridgehead atoms. The third-order valence-corrected chi connectivity index (χ3v) is 3.18. The van der Waals surface area contributed by atoms with Gasteiger partial charge >= 0.3 is 0 Å². The lowest BCUT2D eigenvalue weighted by Gasteiger charge is -2.22. The Morgan fingerprint density at radius 1 is 1.50 bits per heavy atom. The van der Waals surface area contributed by atoms with Gasteiger partial charge in [0, 0.05) is 19.1 Å². The number of likely N-dealkylation sites (N-methyl/N-ethyl adjacent to an activating group) is 1. The van der Waals surface area contributed by atoms with Gasteiger partial charge in [0.2, 0.25) is 5.95 Å². The highest BCUT2D eigenvalue weighted by atomic mass is 19.1. The molecule has 0 amide bonds. The van der Waals surface area contributed by atoms with Crippen LogP contribution < -0.4 is 4.90 Å². The van der Waals surface area contributed by atoms with Crippen LogP contribution in [0.25, 0.3) is 0 Å². The van der Waals surface area contributed by atoms with E-state index >= 15 is 0 Å². The summed E-state index contributed by atoms with van der Waals surface area (Å²) in [5, 5.41) is 0. The average Bonchev–Trinajstić information content (AvgIpc) is 2.78. The molecule has 0 saturated carbocycles. The van der Waals surface area contributed by atoms with Crippen molar-refractivity contribution in [2.75, 3.05) is 31.6 Å². The zero-order chi connectivity index (χ0) is 11.5. The van der Waals surface area contributed by atoms with Crippen molar-refractivity contribution in [3.05, 3.63) is 18.2 Å². The Morgan fingerprint density at radius 2 is 2.19 bits per heavy atom. The van der Waals surface area contributed by atoms with Crippen LogP contribution in [0.2, 0.25) is 0 Å². The number of hydrogen-bond acceptors (Lipinski definition) is 4. The molecule has 1 aromatic rings. The third kappa shape index (κ3) is 2.29. The van der Waals surface area contributed by atoms with Gasteiger partial charge in [0.15, 0.2) is 5.82 Å². The molecule has 1 aliphatic heterocycles. The van der Waals surface area contributed by atoms with E-state index in [2.05, 4.69) is 33.7 Å². The highest BCUT2D eigenvalue weighted by molar-refractivity contribution is 5.31. The van der Waals surface area contributed by atoms with E-state index in [0.29, 0.717) is 12.0 Å². The lowest BCUT2D eigenvalue weighted by Crippen LogP contribution is -2.34. The van der Waals surface area contributed by atoms with Gasteiger partial charge in [-0.15, -0.1) is 0 Å². The third-order valence-electron chi connectivity index (χ3n) is 3.18. The predicted octanol–water partition coefficient (Wildman–Crippen LogP) is 1.15. The normalized spacial score (nSPS) is 20.8. The molecule has 2 rings (SSSR count). The Kier molecular flexibility index (Phi) is 3.33. The molecule has 0 aliphatic carbocycles. The van der Waals surface area contributed by atoms with Crippen molar-refractivity contribution >= 4 is 5.95 Å². The minimum Gasteiger partial charge on any atom is -0.339 e. The Hall–Kier alpha value is -1.23. The van der Waals surface area contributed by atoms with E-state index in [1.165, 1.54) is 12.4 Å². The summed E-state index contributed by atoms with van der Waals surface area (Å²) >= 11 is 0. The van der Waals surface area contributed by atoms with Gasteiger partial charge in [0.05, 0.1) is 12.4 Å². The van der Waals surface area contributed by atoms with Crippen LogP contribution in [0, 0.1) is 5.82 Å². The first kappa shape index (κ1) is 11.3. The second-order valence-corrected chi connectivity index (χ2v) is 4.16. The van der Waals surface area contributed by atoms with E-state index in [0.717, 1.165) is 26.1 Å². The van der Waals surface area contributed by atoms with E-state index in [1.807, 2.05) is 0 Å². The fraction of sp³-hybridized carbons (Fsp3) is 0.636. The number of aromatic nitrogens is 2. The van der Waals surface area contributed by atoms with Crippen molar-refractivity contribution in [2.45, 2.75) is 19.4 Å². The van der Waals surface area contributed by atoms with Gasteiger partial charge in [0.25, 0.3) is 0 Å². The number of hydrogen-bond donors (Lipinski definition) is 0. The Balaban J connectivity index is 2.00. The molecule has 1 unspecified atom stereocenters. The number of rotatable bonds is 3. The van der Waals surface area contributed by atoms with E-state index < -0.39 is 0 Å². The predicted molar refractivity (Wildman–Crippen MR) is 60.9 cm³/mol. The minimum absolute atomic E-state index is 0.384. The standard InChI is InChI=1S/C11H17FN4/c1-3-15(2)10-4-5-16(8-10)11-13-6-9(12)7-14-11/h6-7,10H,3-5,8H2,1-2H3. The second-order valence-electron chi connectivity index (χ2n) is 4.16. The van der Waals surface area contributed by atoms with Crippen molar-refractivity contribution in [1.82, 2.24) is 14.9 Å². The molecule has 88 valence electrons. The molecule has 0 N–H and O–H groups in total. The Bertz CT molecular complexity index is 340. The van der Waals surface area contributed by atoms with Crippen LogP contribution in [-0.4, -0.2) is 47.6 Å². The van der Waals surface area contributed by atoms with Gasteiger partial charge in [-0.05, 0) is 20.0 Å². The topological polar surface area (TPSA) is 32.3 Å². The lowest BCUT2D eigenvalue weighted by atomic mass is 10.2. The summed E-state index contributed by atoms with van der Waals surface area (Å²) in [6.45, 7) is 5.07. The number of nitrogens with zero attached hydrogens (tertiary/aromatic N) is 4. The first-order chi connectivity index (χ1) is 7.70. The smallest absolute Gasteiger partial charge is 0.225 e. The zero-order valence-corrected chi connectivity index (χ0v) is 9.73. The molecular formula is C11H17FN4. The summed E-state index contributed by atoms with van der Waals surface area (Å²) in [5.41, 5.74) is 0. The number of anilines is 1. The molecule has 1 saturated heterocycles. The summed E-state index contributed by atoms with van der Waals surface area (Å²) < 4.78 is 12.7. The molecule has 16 heavy (non-hydrogen) atoms. The maximum absolute atomic E-state index is 12.7. The van der Waals surface area contributed by atoms with E-state index in [1.54, 1.807) is 0 Å². The largest absolute Gasteiger partial charge is 0.339 e. The van der Waals surface area contributed by atoms with Gasteiger partial charge in [-0.3, -0.25) is 0 Å². The van der Waals surface area contributed by atoms with Crippen LogP contribution in [0.1, 0.15) is 13.3 Å². The second kappa shape index (κ2) is 4.74. The van der Waals surface area contributed by atoms with E-state index in [9.17, 15) is 4.39 Å². The summed E-state index contributed by atoms with van der Waals surface area (Å²) in [7, 11) is 2.12. The molecule has 1 aromatic heterocycles. The highest BCUT2D eigenvalue weighted by Crippen LogP contribution is 2.18. The van der Waals surface area contributed by atoms with Gasteiger partial charge < -0.3 is 9.80 Å². The van der Waals surface area contributed by atoms with Crippen LogP contribution in [0.4, 0.5) is 10.3 Å². The molecule has 1 atom stereocenters. The summed E-state index contributed by atoms with van der Waals surface area (Å²) in [6, 6.07) is 0.554. The first-order valence-corrected chi connectivity index (χ1v) is 5.63. The lowest BCUT2D eigenvalue weighted by molar-refractivity contribution is 0.272. The van der Waals surface area contributed by atoms with Crippen molar-refractivity contribution in [3.63, 3.8) is 0 Å². The SMILES string of the molecule is CCN(C)C1CCN(c2ncc(F)cn2)C1. The maximum Gasteiger partial charge on any atom is 0.225 e. The van der Waals surface area contributed by atoms with Gasteiger partial charge in [0.1, 0.15) is 0 Å². The highest BCUT2D eigenvalue weighted by Gasteiger charge is 2.26. The Labute approximate surface area is 95.1 Å². The molecular weight excluding hydrogens is 207 g/mol. The molecule has 4 nitrogen and oxygen atoms in total. The average molecular weight is 224 g/mol. The molecule has 1 fully saturated rings. The molecule has 5 heteroatoms. The van der Waals surface area contributed by atoms with Crippen LogP contribution in [0.5, 0.6) is 0 Å². The summed E-state index contributed by atoms with van der Waals surface area (Å²) in [6.07, 6.45) is 3.56. The van der Waals surface area contributed by atoms with Crippen LogP contribution in [0.15, 0.2) is 12.4 Å². The van der Waals surface area contributed by atoms with E-state index in [4.69, 9.17) is 0 Å². The van der Waals surface area contributed by atoms with E-state index in [-0.39, 0.29) is 5.82 Å². The number of halogens is 1. The van der Waals surface area contributed by atoms with Crippen LogP contribution >= 0.6 is 0 Å². The summed E-state index contributed by atoms with van der Waals surface area (Å²) in [4.78, 5) is 12.4. The molecule has 0 radical (unpaired) electrons. The van der Waals surface area contributed by atoms with Gasteiger partial charge in [-0.2, -0.15) is 0 Å². The quantitative estimate of drug-likeness (QED) is 0.771. The van der Waals surface area contributed by atoms with Crippen molar-refractivity contribution in [3.8, 4) is 0 Å². The van der Waals surface area contributed by atoms with Crippen LogP contribution in [-0.2, 0) is 0 Å².